The first-order chi connectivity index (χ1) is 9.97. The fourth-order valence-corrected chi connectivity index (χ4v) is 2.15. The topological polar surface area (TPSA) is 73.6 Å². The van der Waals surface area contributed by atoms with Crippen molar-refractivity contribution in [3.8, 4) is 11.5 Å². The van der Waals surface area contributed by atoms with Crippen LogP contribution in [0.5, 0.6) is 11.5 Å². The highest BCUT2D eigenvalue weighted by molar-refractivity contribution is 5.76. The van der Waals surface area contributed by atoms with Gasteiger partial charge in [-0.15, -0.1) is 0 Å². The minimum absolute atomic E-state index is 0.0287. The zero-order chi connectivity index (χ0) is 15.8. The highest BCUT2D eigenvalue weighted by atomic mass is 16.5. The zero-order valence-electron chi connectivity index (χ0n) is 13.3. The normalized spacial score (nSPS) is 13.4. The summed E-state index contributed by atoms with van der Waals surface area (Å²) in [6.07, 6.45) is 2.15. The van der Waals surface area contributed by atoms with Crippen LogP contribution in [0.3, 0.4) is 0 Å². The number of carbonyl (C=O) groups excluding carboxylic acids is 1. The van der Waals surface area contributed by atoms with Gasteiger partial charge in [0.1, 0.15) is 11.5 Å². The third kappa shape index (κ3) is 5.63. The fourth-order valence-electron chi connectivity index (χ4n) is 2.15. The van der Waals surface area contributed by atoms with E-state index in [-0.39, 0.29) is 18.0 Å². The molecule has 0 radical (unpaired) electrons. The van der Waals surface area contributed by atoms with Gasteiger partial charge in [-0.3, -0.25) is 4.79 Å². The Morgan fingerprint density at radius 1 is 1.29 bits per heavy atom. The van der Waals surface area contributed by atoms with Gasteiger partial charge in [-0.25, -0.2) is 0 Å². The number of amides is 1. The van der Waals surface area contributed by atoms with Gasteiger partial charge in [-0.2, -0.15) is 0 Å². The quantitative estimate of drug-likeness (QED) is 0.772. The summed E-state index contributed by atoms with van der Waals surface area (Å²) in [4.78, 5) is 11.9. The van der Waals surface area contributed by atoms with E-state index in [4.69, 9.17) is 15.2 Å². The van der Waals surface area contributed by atoms with Gasteiger partial charge in [-0.1, -0.05) is 0 Å². The molecule has 1 rings (SSSR count). The predicted molar refractivity (Wildman–Crippen MR) is 83.6 cm³/mol. The molecule has 2 unspecified atom stereocenters. The lowest BCUT2D eigenvalue weighted by atomic mass is 10.1. The first-order valence-electron chi connectivity index (χ1n) is 7.24. The van der Waals surface area contributed by atoms with Gasteiger partial charge >= 0.3 is 0 Å². The van der Waals surface area contributed by atoms with Gasteiger partial charge in [-0.05, 0) is 38.8 Å². The van der Waals surface area contributed by atoms with Crippen LogP contribution in [0.15, 0.2) is 18.2 Å². The Bertz CT molecular complexity index is 461. The molecule has 1 aromatic carbocycles. The van der Waals surface area contributed by atoms with E-state index < -0.39 is 0 Å². The third-order valence-corrected chi connectivity index (χ3v) is 3.35. The second kappa shape index (κ2) is 8.52. The monoisotopic (exact) mass is 294 g/mol. The van der Waals surface area contributed by atoms with E-state index in [2.05, 4.69) is 5.32 Å². The fraction of sp³-hybridized carbons (Fsp3) is 0.562. The van der Waals surface area contributed by atoms with E-state index in [1.54, 1.807) is 14.2 Å². The van der Waals surface area contributed by atoms with E-state index >= 15 is 0 Å². The first kappa shape index (κ1) is 17.3. The molecule has 0 saturated carbocycles. The summed E-state index contributed by atoms with van der Waals surface area (Å²) < 4.78 is 10.5. The van der Waals surface area contributed by atoms with E-state index in [9.17, 15) is 4.79 Å². The van der Waals surface area contributed by atoms with Crippen molar-refractivity contribution in [3.63, 3.8) is 0 Å². The molecule has 1 aromatic rings. The van der Waals surface area contributed by atoms with Crippen molar-refractivity contribution in [2.45, 2.75) is 45.2 Å². The number of rotatable bonds is 8. The van der Waals surface area contributed by atoms with Gasteiger partial charge in [0.25, 0.3) is 0 Å². The molecule has 0 aliphatic rings. The van der Waals surface area contributed by atoms with Crippen LogP contribution in [0.25, 0.3) is 0 Å². The molecule has 5 heteroatoms. The molecular formula is C16H26N2O3. The number of benzene rings is 1. The van der Waals surface area contributed by atoms with Crippen molar-refractivity contribution in [1.82, 2.24) is 5.32 Å². The summed E-state index contributed by atoms with van der Waals surface area (Å²) in [6, 6.07) is 5.60. The van der Waals surface area contributed by atoms with Crippen molar-refractivity contribution < 1.29 is 14.3 Å². The summed E-state index contributed by atoms with van der Waals surface area (Å²) >= 11 is 0. The maximum atomic E-state index is 11.9. The Kier molecular flexibility index (Phi) is 7.02. The largest absolute Gasteiger partial charge is 0.497 e. The summed E-state index contributed by atoms with van der Waals surface area (Å²) in [6.45, 7) is 3.89. The van der Waals surface area contributed by atoms with Crippen LogP contribution in [-0.4, -0.2) is 26.2 Å². The summed E-state index contributed by atoms with van der Waals surface area (Å²) in [5.41, 5.74) is 6.61. The first-order valence-corrected chi connectivity index (χ1v) is 7.24. The van der Waals surface area contributed by atoms with Crippen molar-refractivity contribution >= 4 is 5.91 Å². The highest BCUT2D eigenvalue weighted by Crippen LogP contribution is 2.29. The maximum absolute atomic E-state index is 11.9. The number of nitrogens with one attached hydrogen (secondary N) is 1. The Labute approximate surface area is 126 Å². The van der Waals surface area contributed by atoms with Crippen LogP contribution in [-0.2, 0) is 4.79 Å². The highest BCUT2D eigenvalue weighted by Gasteiger charge is 2.14. The van der Waals surface area contributed by atoms with Crippen molar-refractivity contribution in [1.29, 1.82) is 0 Å². The second-order valence-corrected chi connectivity index (χ2v) is 5.27. The van der Waals surface area contributed by atoms with Crippen LogP contribution < -0.4 is 20.5 Å². The van der Waals surface area contributed by atoms with Gasteiger partial charge in [0, 0.05) is 24.1 Å². The molecule has 0 heterocycles. The van der Waals surface area contributed by atoms with Crippen LogP contribution in [0.2, 0.25) is 0 Å². The number of hydrogen-bond donors (Lipinski definition) is 2. The zero-order valence-corrected chi connectivity index (χ0v) is 13.3. The lowest BCUT2D eigenvalue weighted by molar-refractivity contribution is -0.121. The van der Waals surface area contributed by atoms with Gasteiger partial charge in [0.15, 0.2) is 0 Å². The lowest BCUT2D eigenvalue weighted by Gasteiger charge is -2.18. The Morgan fingerprint density at radius 2 is 2.00 bits per heavy atom. The second-order valence-electron chi connectivity index (χ2n) is 5.27. The van der Waals surface area contributed by atoms with Gasteiger partial charge < -0.3 is 20.5 Å². The molecule has 0 aromatic heterocycles. The van der Waals surface area contributed by atoms with Crippen molar-refractivity contribution in [2.75, 3.05) is 14.2 Å². The Balaban J connectivity index is 2.62. The Morgan fingerprint density at radius 3 is 2.57 bits per heavy atom. The maximum Gasteiger partial charge on any atom is 0.220 e. The van der Waals surface area contributed by atoms with Crippen LogP contribution in [0, 0.1) is 0 Å². The summed E-state index contributed by atoms with van der Waals surface area (Å²) in [5.74, 6) is 1.46. The minimum Gasteiger partial charge on any atom is -0.497 e. The number of methoxy groups -OCH3 is 2. The molecule has 0 saturated heterocycles. The molecule has 1 amide bonds. The number of nitrogens with two attached hydrogens (primary N) is 1. The number of carbonyl (C=O) groups is 1. The third-order valence-electron chi connectivity index (χ3n) is 3.35. The SMILES string of the molecule is COc1ccc(C(C)NC(=O)CCCC(C)N)c(OC)c1. The summed E-state index contributed by atoms with van der Waals surface area (Å²) in [7, 11) is 3.22. The molecular weight excluding hydrogens is 268 g/mol. The Hall–Kier alpha value is -1.75. The minimum atomic E-state index is -0.117. The average Bonchev–Trinajstić information content (AvgIpc) is 2.45. The van der Waals surface area contributed by atoms with E-state index in [0.29, 0.717) is 12.2 Å². The van der Waals surface area contributed by atoms with E-state index in [1.807, 2.05) is 32.0 Å². The molecule has 0 fully saturated rings. The molecule has 0 aliphatic carbocycles. The number of hydrogen-bond acceptors (Lipinski definition) is 4. The lowest BCUT2D eigenvalue weighted by Crippen LogP contribution is -2.27. The molecule has 0 spiro atoms. The predicted octanol–water partition coefficient (Wildman–Crippen LogP) is 2.40. The van der Waals surface area contributed by atoms with Crippen LogP contribution in [0.1, 0.15) is 44.7 Å². The molecule has 0 bridgehead atoms. The van der Waals surface area contributed by atoms with Gasteiger partial charge in [0.05, 0.1) is 20.3 Å². The van der Waals surface area contributed by atoms with Gasteiger partial charge in [0.2, 0.25) is 5.91 Å². The molecule has 2 atom stereocenters. The smallest absolute Gasteiger partial charge is 0.220 e. The van der Waals surface area contributed by atoms with Crippen LogP contribution >= 0.6 is 0 Å². The van der Waals surface area contributed by atoms with E-state index in [0.717, 1.165) is 24.2 Å². The van der Waals surface area contributed by atoms with Crippen molar-refractivity contribution in [2.24, 2.45) is 5.73 Å². The summed E-state index contributed by atoms with van der Waals surface area (Å²) in [5, 5.41) is 2.98. The molecule has 118 valence electrons. The number of ether oxygens (including phenoxy) is 2. The molecule has 21 heavy (non-hydrogen) atoms. The molecule has 5 nitrogen and oxygen atoms in total. The molecule has 0 aliphatic heterocycles. The van der Waals surface area contributed by atoms with Crippen molar-refractivity contribution in [3.05, 3.63) is 23.8 Å². The van der Waals surface area contributed by atoms with Crippen LogP contribution in [0.4, 0.5) is 0 Å². The molecule has 3 N–H and O–H groups in total. The van der Waals surface area contributed by atoms with E-state index in [1.165, 1.54) is 0 Å². The average molecular weight is 294 g/mol. The standard InChI is InChI=1S/C16H26N2O3/c1-11(17)6-5-7-16(19)18-12(2)14-9-8-13(20-3)10-15(14)21-4/h8-12H,5-7,17H2,1-4H3,(H,18,19).